The number of amides is 1. The van der Waals surface area contributed by atoms with Crippen LogP contribution in [0.3, 0.4) is 0 Å². The van der Waals surface area contributed by atoms with Crippen molar-refractivity contribution in [3.8, 4) is 5.88 Å². The molecular weight excluding hydrogens is 212 g/mol. The maximum absolute atomic E-state index is 11.6. The van der Waals surface area contributed by atoms with Gasteiger partial charge in [0.15, 0.2) is 0 Å². The fraction of sp³-hybridized carbons (Fsp3) is 0.400. The summed E-state index contributed by atoms with van der Waals surface area (Å²) in [6, 6.07) is 3.17. The van der Waals surface area contributed by atoms with Crippen LogP contribution in [-0.4, -0.2) is 47.5 Å². The summed E-state index contributed by atoms with van der Waals surface area (Å²) in [6.45, 7) is -0.419. The number of aliphatic hydroxyl groups is 2. The minimum atomic E-state index is -0.966. The van der Waals surface area contributed by atoms with Crippen molar-refractivity contribution in [2.24, 2.45) is 0 Å². The van der Waals surface area contributed by atoms with Crippen molar-refractivity contribution in [1.82, 2.24) is 10.3 Å². The van der Waals surface area contributed by atoms with Gasteiger partial charge in [0.05, 0.1) is 19.8 Å². The molecule has 1 atom stereocenters. The van der Waals surface area contributed by atoms with Gasteiger partial charge in [0.1, 0.15) is 5.56 Å². The lowest BCUT2D eigenvalue weighted by atomic mass is 10.2. The number of aromatic nitrogens is 1. The van der Waals surface area contributed by atoms with Crippen molar-refractivity contribution >= 4 is 5.91 Å². The molecule has 1 aromatic heterocycles. The molecule has 0 radical (unpaired) electrons. The van der Waals surface area contributed by atoms with Crippen LogP contribution in [-0.2, 0) is 0 Å². The SMILES string of the molecule is COc1ncccc1C(=O)NCC(O)CO. The average Bonchev–Trinajstić information content (AvgIpc) is 2.35. The Balaban J connectivity index is 2.65. The summed E-state index contributed by atoms with van der Waals surface area (Å²) in [5.74, 6) is -0.184. The molecule has 1 rings (SSSR count). The smallest absolute Gasteiger partial charge is 0.256 e. The van der Waals surface area contributed by atoms with Crippen LogP contribution in [0.2, 0.25) is 0 Å². The van der Waals surface area contributed by atoms with E-state index in [4.69, 9.17) is 14.9 Å². The first-order valence-electron chi connectivity index (χ1n) is 4.75. The first-order valence-corrected chi connectivity index (χ1v) is 4.75. The van der Waals surface area contributed by atoms with Gasteiger partial charge in [-0.05, 0) is 12.1 Å². The molecule has 0 bridgehead atoms. The largest absolute Gasteiger partial charge is 0.480 e. The van der Waals surface area contributed by atoms with Gasteiger partial charge < -0.3 is 20.3 Å². The Bertz CT molecular complexity index is 356. The van der Waals surface area contributed by atoms with Gasteiger partial charge in [-0.1, -0.05) is 0 Å². The van der Waals surface area contributed by atoms with Crippen LogP contribution in [0.1, 0.15) is 10.4 Å². The van der Waals surface area contributed by atoms with E-state index in [1.165, 1.54) is 13.3 Å². The zero-order chi connectivity index (χ0) is 12.0. The first kappa shape index (κ1) is 12.4. The van der Waals surface area contributed by atoms with Gasteiger partial charge in [-0.2, -0.15) is 0 Å². The quantitative estimate of drug-likeness (QED) is 0.609. The number of rotatable bonds is 5. The molecule has 1 heterocycles. The number of aliphatic hydroxyl groups excluding tert-OH is 2. The molecule has 0 spiro atoms. The van der Waals surface area contributed by atoms with Crippen molar-refractivity contribution in [1.29, 1.82) is 0 Å². The fourth-order valence-corrected chi connectivity index (χ4v) is 1.10. The third kappa shape index (κ3) is 3.18. The topological polar surface area (TPSA) is 91.7 Å². The molecule has 1 amide bonds. The van der Waals surface area contributed by atoms with E-state index < -0.39 is 18.6 Å². The van der Waals surface area contributed by atoms with Crippen LogP contribution in [0.15, 0.2) is 18.3 Å². The van der Waals surface area contributed by atoms with E-state index in [9.17, 15) is 4.79 Å². The van der Waals surface area contributed by atoms with Crippen molar-refractivity contribution in [3.05, 3.63) is 23.9 Å². The summed E-state index contributed by atoms with van der Waals surface area (Å²) in [7, 11) is 1.42. The third-order valence-electron chi connectivity index (χ3n) is 1.92. The van der Waals surface area contributed by atoms with Crippen LogP contribution in [0.25, 0.3) is 0 Å². The Kier molecular flexibility index (Phi) is 4.68. The van der Waals surface area contributed by atoms with Crippen LogP contribution >= 0.6 is 0 Å². The highest BCUT2D eigenvalue weighted by Gasteiger charge is 2.13. The highest BCUT2D eigenvalue weighted by molar-refractivity contribution is 5.96. The Hall–Kier alpha value is -1.66. The highest BCUT2D eigenvalue weighted by atomic mass is 16.5. The lowest BCUT2D eigenvalue weighted by Crippen LogP contribution is -2.34. The minimum absolute atomic E-state index is 0.0205. The Morgan fingerprint density at radius 2 is 2.44 bits per heavy atom. The number of nitrogens with one attached hydrogen (secondary N) is 1. The molecular formula is C10H14N2O4. The Morgan fingerprint density at radius 1 is 1.69 bits per heavy atom. The molecule has 0 aliphatic rings. The number of carbonyl (C=O) groups excluding carboxylic acids is 1. The van der Waals surface area contributed by atoms with Crippen molar-refractivity contribution in [2.45, 2.75) is 6.10 Å². The molecule has 16 heavy (non-hydrogen) atoms. The average molecular weight is 226 g/mol. The van der Waals surface area contributed by atoms with Crippen LogP contribution in [0.5, 0.6) is 5.88 Å². The second-order valence-electron chi connectivity index (χ2n) is 3.11. The molecule has 88 valence electrons. The number of methoxy groups -OCH3 is 1. The molecule has 0 saturated carbocycles. The molecule has 0 aliphatic carbocycles. The number of ether oxygens (including phenoxy) is 1. The van der Waals surface area contributed by atoms with Crippen molar-refractivity contribution in [2.75, 3.05) is 20.3 Å². The Labute approximate surface area is 92.9 Å². The molecule has 6 nitrogen and oxygen atoms in total. The van der Waals surface area contributed by atoms with Crippen molar-refractivity contribution < 1.29 is 19.7 Å². The van der Waals surface area contributed by atoms with E-state index in [2.05, 4.69) is 10.3 Å². The normalized spacial score (nSPS) is 11.9. The van der Waals surface area contributed by atoms with Gasteiger partial charge in [0.25, 0.3) is 5.91 Å². The minimum Gasteiger partial charge on any atom is -0.480 e. The Morgan fingerprint density at radius 3 is 3.06 bits per heavy atom. The van der Waals surface area contributed by atoms with Crippen LogP contribution in [0.4, 0.5) is 0 Å². The van der Waals surface area contributed by atoms with Crippen LogP contribution in [0, 0.1) is 0 Å². The molecule has 0 saturated heterocycles. The van der Waals surface area contributed by atoms with E-state index >= 15 is 0 Å². The zero-order valence-electron chi connectivity index (χ0n) is 8.88. The zero-order valence-corrected chi connectivity index (χ0v) is 8.88. The predicted molar refractivity (Wildman–Crippen MR) is 56.2 cm³/mol. The summed E-state index contributed by atoms with van der Waals surface area (Å²) < 4.78 is 4.92. The number of hydrogen-bond acceptors (Lipinski definition) is 5. The molecule has 0 fully saturated rings. The van der Waals surface area contributed by atoms with Gasteiger partial charge in [-0.25, -0.2) is 4.98 Å². The van der Waals surface area contributed by atoms with Gasteiger partial charge in [0.2, 0.25) is 5.88 Å². The van der Waals surface area contributed by atoms with Gasteiger partial charge in [0, 0.05) is 12.7 Å². The maximum Gasteiger partial charge on any atom is 0.256 e. The van der Waals surface area contributed by atoms with Crippen molar-refractivity contribution in [3.63, 3.8) is 0 Å². The second kappa shape index (κ2) is 6.04. The van der Waals surface area contributed by atoms with E-state index in [0.29, 0.717) is 0 Å². The third-order valence-corrected chi connectivity index (χ3v) is 1.92. The fourth-order valence-electron chi connectivity index (χ4n) is 1.10. The van der Waals surface area contributed by atoms with Gasteiger partial charge in [-0.3, -0.25) is 4.79 Å². The number of nitrogens with zero attached hydrogens (tertiary/aromatic N) is 1. The van der Waals surface area contributed by atoms with Crippen LogP contribution < -0.4 is 10.1 Å². The summed E-state index contributed by atoms with van der Waals surface area (Å²) in [5.41, 5.74) is 0.287. The standard InChI is InChI=1S/C10H14N2O4/c1-16-10-8(3-2-4-11-10)9(15)12-5-7(14)6-13/h2-4,7,13-14H,5-6H2,1H3,(H,12,15). The predicted octanol–water partition coefficient (Wildman–Crippen LogP) is -0.827. The number of pyridine rings is 1. The maximum atomic E-state index is 11.6. The molecule has 0 aromatic carbocycles. The molecule has 0 aliphatic heterocycles. The summed E-state index contributed by atoms with van der Waals surface area (Å²) in [5, 5.41) is 20.1. The van der Waals surface area contributed by atoms with E-state index in [0.717, 1.165) is 0 Å². The lowest BCUT2D eigenvalue weighted by Gasteiger charge is -2.10. The van der Waals surface area contributed by atoms with E-state index in [1.54, 1.807) is 12.1 Å². The highest BCUT2D eigenvalue weighted by Crippen LogP contribution is 2.12. The number of carbonyl (C=O) groups is 1. The van der Waals surface area contributed by atoms with E-state index in [-0.39, 0.29) is 18.0 Å². The van der Waals surface area contributed by atoms with Gasteiger partial charge in [-0.15, -0.1) is 0 Å². The monoisotopic (exact) mass is 226 g/mol. The number of hydrogen-bond donors (Lipinski definition) is 3. The first-order chi connectivity index (χ1) is 7.69. The summed E-state index contributed by atoms with van der Waals surface area (Å²) >= 11 is 0. The van der Waals surface area contributed by atoms with E-state index in [1.807, 2.05) is 0 Å². The lowest BCUT2D eigenvalue weighted by molar-refractivity contribution is 0.0799. The second-order valence-corrected chi connectivity index (χ2v) is 3.11. The van der Waals surface area contributed by atoms with Gasteiger partial charge >= 0.3 is 0 Å². The molecule has 1 aromatic rings. The molecule has 1 unspecified atom stereocenters. The summed E-state index contributed by atoms with van der Waals surface area (Å²) in [6.07, 6.45) is 0.546. The molecule has 3 N–H and O–H groups in total. The molecule has 6 heteroatoms. The summed E-state index contributed by atoms with van der Waals surface area (Å²) in [4.78, 5) is 15.5.